The molecule has 0 bridgehead atoms. The summed E-state index contributed by atoms with van der Waals surface area (Å²) in [5, 5.41) is 10.6. The molecule has 1 fully saturated rings. The molecule has 5 heteroatoms. The van der Waals surface area contributed by atoms with Crippen molar-refractivity contribution in [3.8, 4) is 12.3 Å². The first kappa shape index (κ1) is 26.4. The van der Waals surface area contributed by atoms with Crippen LogP contribution in [-0.2, 0) is 13.9 Å². The number of terminal acetylenes is 1. The molecule has 1 rings (SSSR count). The van der Waals surface area contributed by atoms with E-state index in [0.29, 0.717) is 13.0 Å². The summed E-state index contributed by atoms with van der Waals surface area (Å²) in [6, 6.07) is 0. The molecule has 0 aromatic heterocycles. The summed E-state index contributed by atoms with van der Waals surface area (Å²) in [6.07, 6.45) is 13.6. The van der Waals surface area contributed by atoms with Gasteiger partial charge in [-0.15, -0.1) is 12.3 Å². The minimum Gasteiger partial charge on any atom is -0.413 e. The molecule has 1 unspecified atom stereocenters. The lowest BCUT2D eigenvalue weighted by atomic mass is 9.86. The number of ether oxygens (including phenoxy) is 2. The molecule has 29 heavy (non-hydrogen) atoms. The quantitative estimate of drug-likeness (QED) is 0.269. The molecule has 1 N–H and O–H groups in total. The monoisotopic (exact) mass is 424 g/mol. The summed E-state index contributed by atoms with van der Waals surface area (Å²) in [5.74, 6) is 2.84. The van der Waals surface area contributed by atoms with E-state index in [4.69, 9.17) is 20.3 Å². The maximum absolute atomic E-state index is 10.5. The SMILES string of the molecule is C#CC[C@H](O)[C@@H](C)[C@H](O[Si](C)(C)C(C)(C)C)[C@H](C)C/C=C/COC1CCCCO1. The third-order valence-corrected chi connectivity index (χ3v) is 10.9. The van der Waals surface area contributed by atoms with E-state index in [9.17, 15) is 5.11 Å². The van der Waals surface area contributed by atoms with Crippen molar-refractivity contribution in [1.82, 2.24) is 0 Å². The molecule has 0 amide bonds. The van der Waals surface area contributed by atoms with E-state index < -0.39 is 14.4 Å². The highest BCUT2D eigenvalue weighted by Crippen LogP contribution is 2.40. The zero-order valence-electron chi connectivity index (χ0n) is 19.7. The van der Waals surface area contributed by atoms with Crippen LogP contribution >= 0.6 is 0 Å². The Hall–Kier alpha value is -0.643. The van der Waals surface area contributed by atoms with Gasteiger partial charge in [0.2, 0.25) is 0 Å². The largest absolute Gasteiger partial charge is 0.413 e. The second kappa shape index (κ2) is 12.3. The number of aliphatic hydroxyl groups is 1. The minimum atomic E-state index is -1.97. The standard InChI is InChI=1S/C24H44O4Si/c1-9-14-21(25)20(3)23(28-29(7,8)24(4,5)6)19(2)15-10-12-17-26-22-16-11-13-18-27-22/h1,10,12,19-23,25H,11,13-18H2,2-8H3/b12-10+/t19-,20-,21+,22?,23-/m1/s1. The minimum absolute atomic E-state index is 0.0181. The van der Waals surface area contributed by atoms with Crippen molar-refractivity contribution in [3.05, 3.63) is 12.2 Å². The van der Waals surface area contributed by atoms with Gasteiger partial charge in [-0.25, -0.2) is 0 Å². The highest BCUT2D eigenvalue weighted by molar-refractivity contribution is 6.74. The maximum atomic E-state index is 10.5. The molecule has 0 spiro atoms. The number of aliphatic hydroxyl groups excluding tert-OH is 1. The van der Waals surface area contributed by atoms with Crippen molar-refractivity contribution in [2.45, 2.75) is 103 Å². The Bertz CT molecular complexity index is 526. The van der Waals surface area contributed by atoms with Gasteiger partial charge >= 0.3 is 0 Å². The predicted octanol–water partition coefficient (Wildman–Crippen LogP) is 5.52. The molecule has 1 heterocycles. The van der Waals surface area contributed by atoms with Crippen molar-refractivity contribution < 1.29 is 19.0 Å². The summed E-state index contributed by atoms with van der Waals surface area (Å²) in [7, 11) is -1.97. The van der Waals surface area contributed by atoms with Gasteiger partial charge in [0.05, 0.1) is 18.8 Å². The van der Waals surface area contributed by atoms with Crippen molar-refractivity contribution in [1.29, 1.82) is 0 Å². The summed E-state index contributed by atoms with van der Waals surface area (Å²) >= 11 is 0. The Kier molecular flexibility index (Phi) is 11.2. The van der Waals surface area contributed by atoms with Gasteiger partial charge in [0.25, 0.3) is 0 Å². The lowest BCUT2D eigenvalue weighted by Crippen LogP contribution is -2.49. The number of allylic oxidation sites excluding steroid dienone is 1. The van der Waals surface area contributed by atoms with E-state index in [1.54, 1.807) is 0 Å². The molecular weight excluding hydrogens is 380 g/mol. The van der Waals surface area contributed by atoms with Crippen LogP contribution in [0.5, 0.6) is 0 Å². The molecule has 5 atom stereocenters. The Morgan fingerprint density at radius 3 is 2.48 bits per heavy atom. The van der Waals surface area contributed by atoms with Crippen molar-refractivity contribution in [2.75, 3.05) is 13.2 Å². The lowest BCUT2D eigenvalue weighted by molar-refractivity contribution is -0.155. The third kappa shape index (κ3) is 8.94. The molecule has 0 radical (unpaired) electrons. The van der Waals surface area contributed by atoms with Gasteiger partial charge < -0.3 is 19.0 Å². The van der Waals surface area contributed by atoms with Crippen molar-refractivity contribution >= 4 is 8.32 Å². The maximum Gasteiger partial charge on any atom is 0.192 e. The van der Waals surface area contributed by atoms with E-state index >= 15 is 0 Å². The molecule has 168 valence electrons. The normalized spacial score (nSPS) is 22.8. The number of hydrogen-bond donors (Lipinski definition) is 1. The average molecular weight is 425 g/mol. The highest BCUT2D eigenvalue weighted by Gasteiger charge is 2.42. The fourth-order valence-corrected chi connectivity index (χ4v) is 4.78. The Balaban J connectivity index is 2.69. The van der Waals surface area contributed by atoms with Gasteiger partial charge in [-0.3, -0.25) is 0 Å². The van der Waals surface area contributed by atoms with Crippen LogP contribution in [0.1, 0.15) is 66.7 Å². The second-order valence-corrected chi connectivity index (χ2v) is 14.7. The fourth-order valence-electron chi connectivity index (χ4n) is 3.30. The van der Waals surface area contributed by atoms with Crippen LogP contribution in [0, 0.1) is 24.2 Å². The van der Waals surface area contributed by atoms with Gasteiger partial charge in [-0.1, -0.05) is 46.8 Å². The topological polar surface area (TPSA) is 47.9 Å². The second-order valence-electron chi connectivity index (χ2n) is 9.99. The van der Waals surface area contributed by atoms with Crippen LogP contribution in [0.2, 0.25) is 18.1 Å². The Labute approximate surface area is 180 Å². The highest BCUT2D eigenvalue weighted by atomic mass is 28.4. The van der Waals surface area contributed by atoms with Gasteiger partial charge in [-0.2, -0.15) is 0 Å². The molecule has 4 nitrogen and oxygen atoms in total. The average Bonchev–Trinajstić information content (AvgIpc) is 2.65. The van der Waals surface area contributed by atoms with Crippen molar-refractivity contribution in [2.24, 2.45) is 11.8 Å². The molecule has 1 saturated heterocycles. The van der Waals surface area contributed by atoms with E-state index in [0.717, 1.165) is 25.9 Å². The van der Waals surface area contributed by atoms with Gasteiger partial charge in [0.1, 0.15) is 0 Å². The summed E-state index contributed by atoms with van der Waals surface area (Å²) in [5.41, 5.74) is 0. The van der Waals surface area contributed by atoms with Gasteiger partial charge in [-0.05, 0) is 49.7 Å². The summed E-state index contributed by atoms with van der Waals surface area (Å²) < 4.78 is 18.1. The first-order chi connectivity index (χ1) is 13.5. The predicted molar refractivity (Wildman–Crippen MR) is 123 cm³/mol. The van der Waals surface area contributed by atoms with E-state index in [1.807, 2.05) is 0 Å². The number of hydrogen-bond acceptors (Lipinski definition) is 4. The number of rotatable bonds is 11. The Morgan fingerprint density at radius 1 is 1.24 bits per heavy atom. The molecule has 0 saturated carbocycles. The first-order valence-corrected chi connectivity index (χ1v) is 14.1. The molecule has 0 aliphatic carbocycles. The smallest absolute Gasteiger partial charge is 0.192 e. The van der Waals surface area contributed by atoms with Gasteiger partial charge in [0, 0.05) is 18.9 Å². The first-order valence-electron chi connectivity index (χ1n) is 11.2. The summed E-state index contributed by atoms with van der Waals surface area (Å²) in [6.45, 7) is 16.9. The molecule has 0 aromatic carbocycles. The molecule has 1 aliphatic heterocycles. The molecule has 1 aliphatic rings. The van der Waals surface area contributed by atoms with E-state index in [-0.39, 0.29) is 29.3 Å². The summed E-state index contributed by atoms with van der Waals surface area (Å²) in [4.78, 5) is 0. The van der Waals surface area contributed by atoms with Crippen molar-refractivity contribution in [3.63, 3.8) is 0 Å². The zero-order valence-corrected chi connectivity index (χ0v) is 20.7. The van der Waals surface area contributed by atoms with E-state index in [1.165, 1.54) is 6.42 Å². The molecular formula is C24H44O4Si. The Morgan fingerprint density at radius 2 is 1.93 bits per heavy atom. The van der Waals surface area contributed by atoms with Gasteiger partial charge in [0.15, 0.2) is 14.6 Å². The van der Waals surface area contributed by atoms with Crippen LogP contribution in [0.25, 0.3) is 0 Å². The van der Waals surface area contributed by atoms with Crippen LogP contribution < -0.4 is 0 Å². The zero-order chi connectivity index (χ0) is 22.1. The van der Waals surface area contributed by atoms with Crippen LogP contribution in [0.4, 0.5) is 0 Å². The fraction of sp³-hybridized carbons (Fsp3) is 0.833. The van der Waals surface area contributed by atoms with Crippen LogP contribution in [-0.4, -0.2) is 45.1 Å². The third-order valence-electron chi connectivity index (χ3n) is 6.44. The lowest BCUT2D eigenvalue weighted by Gasteiger charge is -2.43. The van der Waals surface area contributed by atoms with Crippen LogP contribution in [0.15, 0.2) is 12.2 Å². The van der Waals surface area contributed by atoms with E-state index in [2.05, 4.69) is 65.8 Å². The van der Waals surface area contributed by atoms with Crippen LogP contribution in [0.3, 0.4) is 0 Å². The molecule has 0 aromatic rings.